The SMILES string of the molecule is COc1ccc(CC(OCC(F)(F)C(F)F)C(=O)O)cc1CNC(=O)COc1cccc(Cl)c1. The summed E-state index contributed by atoms with van der Waals surface area (Å²) in [5, 5.41) is 12.3. The van der Waals surface area contributed by atoms with Gasteiger partial charge in [-0.05, 0) is 29.8 Å². The number of rotatable bonds is 13. The number of carboxylic acids is 1. The van der Waals surface area contributed by atoms with Gasteiger partial charge in [-0.1, -0.05) is 29.8 Å². The lowest BCUT2D eigenvalue weighted by Crippen LogP contribution is -2.37. The van der Waals surface area contributed by atoms with Gasteiger partial charge in [0, 0.05) is 23.6 Å². The first kappa shape index (κ1) is 27.2. The van der Waals surface area contributed by atoms with Gasteiger partial charge in [-0.2, -0.15) is 8.78 Å². The molecule has 0 aliphatic rings. The Morgan fingerprint density at radius 1 is 1.18 bits per heavy atom. The molecule has 2 rings (SSSR count). The molecule has 2 aromatic carbocycles. The van der Waals surface area contributed by atoms with Gasteiger partial charge in [-0.3, -0.25) is 4.79 Å². The van der Waals surface area contributed by atoms with E-state index in [1.54, 1.807) is 24.3 Å². The first-order chi connectivity index (χ1) is 16.0. The topological polar surface area (TPSA) is 94.1 Å². The maximum absolute atomic E-state index is 13.1. The number of carbonyl (C=O) groups excluding carboxylic acids is 1. The second kappa shape index (κ2) is 12.4. The van der Waals surface area contributed by atoms with Gasteiger partial charge in [0.2, 0.25) is 0 Å². The van der Waals surface area contributed by atoms with Crippen LogP contribution in [0.3, 0.4) is 0 Å². The van der Waals surface area contributed by atoms with Gasteiger partial charge >= 0.3 is 18.3 Å². The number of aliphatic carboxylic acids is 1. The highest BCUT2D eigenvalue weighted by atomic mass is 35.5. The van der Waals surface area contributed by atoms with Gasteiger partial charge in [0.15, 0.2) is 12.7 Å². The Bertz CT molecular complexity index is 992. The standard InChI is InChI=1S/C22H22ClF4NO6/c1-32-17-6-5-13(8-18(20(30)31)34-12-22(26,27)21(24)25)7-14(17)10-28-19(29)11-33-16-4-2-3-15(23)9-16/h2-7,9,18,21H,8,10-12H2,1H3,(H,28,29)(H,30,31). The fraction of sp³-hybridized carbons (Fsp3) is 0.364. The molecule has 186 valence electrons. The lowest BCUT2D eigenvalue weighted by atomic mass is 10.0. The van der Waals surface area contributed by atoms with Crippen LogP contribution in [-0.4, -0.2) is 55.8 Å². The molecule has 0 aromatic heterocycles. The zero-order valence-corrected chi connectivity index (χ0v) is 18.7. The van der Waals surface area contributed by atoms with Crippen LogP contribution in [0.25, 0.3) is 0 Å². The van der Waals surface area contributed by atoms with Gasteiger partial charge in [0.25, 0.3) is 5.91 Å². The van der Waals surface area contributed by atoms with Crippen molar-refractivity contribution in [3.63, 3.8) is 0 Å². The van der Waals surface area contributed by atoms with Gasteiger partial charge in [-0.15, -0.1) is 0 Å². The quantitative estimate of drug-likeness (QED) is 0.399. The number of carboxylic acid groups (broad SMARTS) is 1. The number of alkyl halides is 4. The van der Waals surface area contributed by atoms with E-state index in [9.17, 15) is 32.3 Å². The molecule has 0 heterocycles. The number of hydrogen-bond donors (Lipinski definition) is 2. The Labute approximate surface area is 197 Å². The summed E-state index contributed by atoms with van der Waals surface area (Å²) in [6.45, 7) is -2.06. The highest BCUT2D eigenvalue weighted by Gasteiger charge is 2.42. The van der Waals surface area contributed by atoms with Gasteiger partial charge in [0.05, 0.1) is 7.11 Å². The molecule has 1 unspecified atom stereocenters. The largest absolute Gasteiger partial charge is 0.496 e. The first-order valence-electron chi connectivity index (χ1n) is 9.83. The molecule has 2 N–H and O–H groups in total. The summed E-state index contributed by atoms with van der Waals surface area (Å²) in [6.07, 6.45) is -6.15. The van der Waals surface area contributed by atoms with Crippen LogP contribution in [0, 0.1) is 0 Å². The minimum absolute atomic E-state index is 0.0171. The maximum atomic E-state index is 13.1. The van der Waals surface area contributed by atoms with E-state index in [1.807, 2.05) is 0 Å². The number of carbonyl (C=O) groups is 2. The molecule has 2 aromatic rings. The van der Waals surface area contributed by atoms with Crippen molar-refractivity contribution in [3.8, 4) is 11.5 Å². The third kappa shape index (κ3) is 8.38. The predicted octanol–water partition coefficient (Wildman–Crippen LogP) is 3.96. The summed E-state index contributed by atoms with van der Waals surface area (Å²) in [6, 6.07) is 10.9. The molecule has 0 aliphatic heterocycles. The Kier molecular flexibility index (Phi) is 9.94. The Balaban J connectivity index is 2.00. The Morgan fingerprint density at radius 3 is 2.53 bits per heavy atom. The monoisotopic (exact) mass is 507 g/mol. The van der Waals surface area contributed by atoms with Gasteiger partial charge in [0.1, 0.15) is 18.1 Å². The molecule has 0 aliphatic carbocycles. The summed E-state index contributed by atoms with van der Waals surface area (Å²) in [5.74, 6) is -5.76. The van der Waals surface area contributed by atoms with E-state index in [0.717, 1.165) is 0 Å². The number of benzene rings is 2. The second-order valence-electron chi connectivity index (χ2n) is 7.07. The Hall–Kier alpha value is -3.05. The summed E-state index contributed by atoms with van der Waals surface area (Å²) in [7, 11) is 1.39. The van der Waals surface area contributed by atoms with Crippen LogP contribution < -0.4 is 14.8 Å². The lowest BCUT2D eigenvalue weighted by Gasteiger charge is -2.20. The second-order valence-corrected chi connectivity index (χ2v) is 7.51. The molecule has 34 heavy (non-hydrogen) atoms. The number of ether oxygens (including phenoxy) is 3. The van der Waals surface area contributed by atoms with E-state index in [4.69, 9.17) is 21.1 Å². The third-order valence-corrected chi connectivity index (χ3v) is 4.71. The molecule has 1 amide bonds. The molecule has 0 radical (unpaired) electrons. The van der Waals surface area contributed by atoms with Crippen molar-refractivity contribution in [1.82, 2.24) is 5.32 Å². The summed E-state index contributed by atoms with van der Waals surface area (Å²) in [4.78, 5) is 23.5. The van der Waals surface area contributed by atoms with Crippen LogP contribution >= 0.6 is 11.6 Å². The van der Waals surface area contributed by atoms with Crippen molar-refractivity contribution >= 4 is 23.5 Å². The van der Waals surface area contributed by atoms with E-state index in [2.05, 4.69) is 10.1 Å². The number of nitrogens with one attached hydrogen (secondary N) is 1. The van der Waals surface area contributed by atoms with Crippen LogP contribution in [0.1, 0.15) is 11.1 Å². The molecular weight excluding hydrogens is 486 g/mol. The average molecular weight is 508 g/mol. The number of hydrogen-bond acceptors (Lipinski definition) is 5. The number of amides is 1. The summed E-state index contributed by atoms with van der Waals surface area (Å²) < 4.78 is 65.9. The first-order valence-corrected chi connectivity index (χ1v) is 10.2. The fourth-order valence-corrected chi connectivity index (χ4v) is 2.93. The smallest absolute Gasteiger partial charge is 0.333 e. The van der Waals surface area contributed by atoms with Crippen LogP contribution in [0.4, 0.5) is 17.6 Å². The molecule has 7 nitrogen and oxygen atoms in total. The van der Waals surface area contributed by atoms with Crippen LogP contribution in [0.5, 0.6) is 11.5 Å². The van der Waals surface area contributed by atoms with E-state index in [-0.39, 0.29) is 19.6 Å². The zero-order valence-electron chi connectivity index (χ0n) is 17.9. The number of halogens is 5. The molecule has 0 saturated heterocycles. The van der Waals surface area contributed by atoms with Crippen molar-refractivity contribution in [2.24, 2.45) is 0 Å². The van der Waals surface area contributed by atoms with Gasteiger partial charge in [-0.25, -0.2) is 13.6 Å². The zero-order chi connectivity index (χ0) is 25.3. The third-order valence-electron chi connectivity index (χ3n) is 4.48. The molecule has 0 bridgehead atoms. The average Bonchev–Trinajstić information content (AvgIpc) is 2.78. The molecule has 0 saturated carbocycles. The highest BCUT2D eigenvalue weighted by molar-refractivity contribution is 6.30. The molecule has 1 atom stereocenters. The summed E-state index contributed by atoms with van der Waals surface area (Å²) in [5.41, 5.74) is 0.797. The lowest BCUT2D eigenvalue weighted by molar-refractivity contribution is -0.185. The van der Waals surface area contributed by atoms with E-state index in [0.29, 0.717) is 27.6 Å². The minimum Gasteiger partial charge on any atom is -0.496 e. The van der Waals surface area contributed by atoms with Crippen molar-refractivity contribution in [1.29, 1.82) is 0 Å². The van der Waals surface area contributed by atoms with Crippen molar-refractivity contribution in [3.05, 3.63) is 58.6 Å². The van der Waals surface area contributed by atoms with Crippen molar-refractivity contribution in [2.45, 2.75) is 31.4 Å². The van der Waals surface area contributed by atoms with Crippen molar-refractivity contribution < 1.29 is 46.5 Å². The van der Waals surface area contributed by atoms with Crippen LogP contribution in [-0.2, 0) is 27.3 Å². The van der Waals surface area contributed by atoms with Crippen LogP contribution in [0.2, 0.25) is 5.02 Å². The molecule has 0 spiro atoms. The van der Waals surface area contributed by atoms with Crippen molar-refractivity contribution in [2.75, 3.05) is 20.3 Å². The molecule has 12 heteroatoms. The Morgan fingerprint density at radius 2 is 1.91 bits per heavy atom. The predicted molar refractivity (Wildman–Crippen MR) is 114 cm³/mol. The van der Waals surface area contributed by atoms with E-state index < -0.39 is 36.9 Å². The highest BCUT2D eigenvalue weighted by Crippen LogP contribution is 2.25. The van der Waals surface area contributed by atoms with Crippen LogP contribution in [0.15, 0.2) is 42.5 Å². The molecule has 0 fully saturated rings. The maximum Gasteiger partial charge on any atom is 0.333 e. The fourth-order valence-electron chi connectivity index (χ4n) is 2.75. The van der Waals surface area contributed by atoms with Gasteiger partial charge < -0.3 is 24.6 Å². The minimum atomic E-state index is -4.48. The summed E-state index contributed by atoms with van der Waals surface area (Å²) >= 11 is 5.85. The van der Waals surface area contributed by atoms with E-state index in [1.165, 1.54) is 25.3 Å². The molecular formula is C22H22ClF4NO6. The normalized spacial score (nSPS) is 12.3. The number of methoxy groups -OCH3 is 1. The van der Waals surface area contributed by atoms with E-state index >= 15 is 0 Å².